The van der Waals surface area contributed by atoms with Crippen molar-refractivity contribution in [3.8, 4) is 33.8 Å². The predicted molar refractivity (Wildman–Crippen MR) is 244 cm³/mol. The summed E-state index contributed by atoms with van der Waals surface area (Å²) in [6.07, 6.45) is 9.12. The van der Waals surface area contributed by atoms with Gasteiger partial charge in [0.05, 0.1) is 0 Å². The lowest BCUT2D eigenvalue weighted by atomic mass is 9.41. The van der Waals surface area contributed by atoms with Crippen LogP contribution in [-0.4, -0.2) is 0 Å². The van der Waals surface area contributed by atoms with Crippen molar-refractivity contribution in [1.29, 1.82) is 0 Å². The van der Waals surface area contributed by atoms with E-state index in [1.54, 1.807) is 0 Å². The highest BCUT2D eigenvalue weighted by atomic mass is 16.5. The minimum Gasteiger partial charge on any atom is -0.456 e. The maximum atomic E-state index is 7.27. The standard InChI is InChI=1S/C57H57NO/c1-54(2)24-25-55(3,4)50-33-41(21-23-47(50)54)58(40-20-22-44-43-16-10-11-17-46(43)56(5,6)49(44)32-40)42-31-45(37-14-8-7-9-15-37)53-51(34-42)57(48-18-12-13-19-52(48)59-53)38-27-35-26-36(29-38)30-39(57)28-35/h7-23,31-36,38-39H,24-30H2,1-6H3. The maximum absolute atomic E-state index is 7.27. The van der Waals surface area contributed by atoms with Crippen LogP contribution in [-0.2, 0) is 21.7 Å². The van der Waals surface area contributed by atoms with Crippen molar-refractivity contribution in [2.24, 2.45) is 23.7 Å². The minimum absolute atomic E-state index is 0.0771. The first-order valence-electron chi connectivity index (χ1n) is 22.6. The molecule has 4 saturated carbocycles. The fourth-order valence-electron chi connectivity index (χ4n) is 13.9. The van der Waals surface area contributed by atoms with E-state index in [9.17, 15) is 0 Å². The van der Waals surface area contributed by atoms with Gasteiger partial charge in [0, 0.05) is 44.6 Å². The summed E-state index contributed by atoms with van der Waals surface area (Å²) in [5.74, 6) is 5.08. The molecule has 6 aliphatic carbocycles. The fourth-order valence-corrected chi connectivity index (χ4v) is 13.9. The summed E-state index contributed by atoms with van der Waals surface area (Å²) < 4.78 is 7.27. The SMILES string of the molecule is CC1(C)CCC(C)(C)c2cc(N(c3ccc4c(c3)C(C)(C)c3ccccc3-4)c3cc(-c4ccccc4)c4c(c3)C3(c5ccccc5O4)C4CC5CC(C4)CC3C5)ccc21. The smallest absolute Gasteiger partial charge is 0.139 e. The molecule has 0 unspecified atom stereocenters. The Bertz CT molecular complexity index is 2670. The third-order valence-electron chi connectivity index (χ3n) is 16.8. The van der Waals surface area contributed by atoms with Gasteiger partial charge in [-0.25, -0.2) is 0 Å². The number of hydrogen-bond acceptors (Lipinski definition) is 2. The Morgan fingerprint density at radius 2 is 1.03 bits per heavy atom. The highest BCUT2D eigenvalue weighted by Gasteiger charge is 2.61. The molecule has 1 heterocycles. The van der Waals surface area contributed by atoms with E-state index in [2.05, 4.69) is 174 Å². The van der Waals surface area contributed by atoms with E-state index >= 15 is 0 Å². The molecule has 59 heavy (non-hydrogen) atoms. The van der Waals surface area contributed by atoms with E-state index in [4.69, 9.17) is 4.74 Å². The highest BCUT2D eigenvalue weighted by Crippen LogP contribution is 2.70. The first-order valence-corrected chi connectivity index (χ1v) is 22.6. The zero-order valence-corrected chi connectivity index (χ0v) is 35.7. The highest BCUT2D eigenvalue weighted by molar-refractivity contribution is 5.89. The van der Waals surface area contributed by atoms with Gasteiger partial charge in [-0.1, -0.05) is 126 Å². The lowest BCUT2D eigenvalue weighted by Gasteiger charge is -2.63. The van der Waals surface area contributed by atoms with E-state index in [1.165, 1.54) is 118 Å². The predicted octanol–water partition coefficient (Wildman–Crippen LogP) is 15.3. The second-order valence-electron chi connectivity index (χ2n) is 21.2. The van der Waals surface area contributed by atoms with Gasteiger partial charge in [-0.05, 0) is 161 Å². The largest absolute Gasteiger partial charge is 0.456 e. The summed E-state index contributed by atoms with van der Waals surface area (Å²) in [6.45, 7) is 14.6. The zero-order valence-electron chi connectivity index (χ0n) is 35.7. The van der Waals surface area contributed by atoms with E-state index < -0.39 is 0 Å². The van der Waals surface area contributed by atoms with Gasteiger partial charge < -0.3 is 9.64 Å². The van der Waals surface area contributed by atoms with E-state index in [1.807, 2.05) is 0 Å². The molecule has 7 aliphatic rings. The third-order valence-corrected chi connectivity index (χ3v) is 16.8. The fraction of sp³-hybridized carbons (Fsp3) is 0.368. The van der Waals surface area contributed by atoms with Crippen LogP contribution in [0.2, 0.25) is 0 Å². The summed E-state index contributed by atoms with van der Waals surface area (Å²) >= 11 is 0. The quantitative estimate of drug-likeness (QED) is 0.177. The van der Waals surface area contributed by atoms with Crippen molar-refractivity contribution in [2.45, 2.75) is 108 Å². The van der Waals surface area contributed by atoms with Crippen molar-refractivity contribution in [3.63, 3.8) is 0 Å². The Kier molecular flexibility index (Phi) is 7.44. The molecule has 6 aromatic carbocycles. The Balaban J connectivity index is 1.15. The molecule has 4 fully saturated rings. The molecule has 13 rings (SSSR count). The molecule has 4 bridgehead atoms. The molecule has 0 atom stereocenters. The lowest BCUT2D eigenvalue weighted by Crippen LogP contribution is -2.57. The summed E-state index contributed by atoms with van der Waals surface area (Å²) in [5.41, 5.74) is 17.5. The number of hydrogen-bond donors (Lipinski definition) is 0. The molecule has 0 saturated heterocycles. The molecule has 2 nitrogen and oxygen atoms in total. The van der Waals surface area contributed by atoms with Crippen molar-refractivity contribution in [3.05, 3.63) is 161 Å². The van der Waals surface area contributed by atoms with Gasteiger partial charge in [-0.15, -0.1) is 0 Å². The zero-order chi connectivity index (χ0) is 40.1. The van der Waals surface area contributed by atoms with Crippen LogP contribution in [0.1, 0.15) is 120 Å². The van der Waals surface area contributed by atoms with Crippen LogP contribution in [0.4, 0.5) is 17.1 Å². The third kappa shape index (κ3) is 4.98. The topological polar surface area (TPSA) is 12.5 Å². The lowest BCUT2D eigenvalue weighted by molar-refractivity contribution is -0.0451. The number of nitrogens with zero attached hydrogens (tertiary/aromatic N) is 1. The van der Waals surface area contributed by atoms with Crippen molar-refractivity contribution in [1.82, 2.24) is 0 Å². The Hall–Kier alpha value is -5.08. The van der Waals surface area contributed by atoms with Crippen LogP contribution >= 0.6 is 0 Å². The molecule has 0 radical (unpaired) electrons. The van der Waals surface area contributed by atoms with Gasteiger partial charge in [0.15, 0.2) is 0 Å². The van der Waals surface area contributed by atoms with E-state index in [-0.39, 0.29) is 21.7 Å². The molecule has 1 spiro atoms. The summed E-state index contributed by atoms with van der Waals surface area (Å²) in [5, 5.41) is 0. The normalized spacial score (nSPS) is 26.6. The van der Waals surface area contributed by atoms with Crippen LogP contribution in [0.3, 0.4) is 0 Å². The van der Waals surface area contributed by atoms with Crippen molar-refractivity contribution < 1.29 is 4.74 Å². The molecule has 0 N–H and O–H groups in total. The number of benzene rings is 6. The number of rotatable bonds is 4. The Morgan fingerprint density at radius 3 is 1.76 bits per heavy atom. The molecular formula is C57H57NO. The molecule has 0 amide bonds. The van der Waals surface area contributed by atoms with E-state index in [0.717, 1.165) is 23.3 Å². The molecular weight excluding hydrogens is 715 g/mol. The maximum Gasteiger partial charge on any atom is 0.139 e. The van der Waals surface area contributed by atoms with E-state index in [0.29, 0.717) is 11.8 Å². The van der Waals surface area contributed by atoms with Crippen LogP contribution < -0.4 is 9.64 Å². The minimum atomic E-state index is -0.109. The van der Waals surface area contributed by atoms with Gasteiger partial charge in [-0.3, -0.25) is 0 Å². The van der Waals surface area contributed by atoms with Crippen LogP contribution in [0, 0.1) is 23.7 Å². The molecule has 2 heteroatoms. The molecule has 296 valence electrons. The van der Waals surface area contributed by atoms with Gasteiger partial charge >= 0.3 is 0 Å². The summed E-state index contributed by atoms with van der Waals surface area (Å²) in [6, 6.07) is 49.1. The van der Waals surface area contributed by atoms with Crippen LogP contribution in [0.25, 0.3) is 22.3 Å². The average molecular weight is 772 g/mol. The Morgan fingerprint density at radius 1 is 0.458 bits per heavy atom. The number of para-hydroxylation sites is 1. The van der Waals surface area contributed by atoms with Crippen LogP contribution in [0.5, 0.6) is 11.5 Å². The molecule has 6 aromatic rings. The van der Waals surface area contributed by atoms with Gasteiger partial charge in [0.2, 0.25) is 0 Å². The molecule has 1 aliphatic heterocycles. The van der Waals surface area contributed by atoms with Crippen molar-refractivity contribution in [2.75, 3.05) is 4.90 Å². The first kappa shape index (κ1) is 35.8. The van der Waals surface area contributed by atoms with Gasteiger partial charge in [0.25, 0.3) is 0 Å². The number of fused-ring (bicyclic) bond motifs is 6. The van der Waals surface area contributed by atoms with Crippen LogP contribution in [0.15, 0.2) is 127 Å². The van der Waals surface area contributed by atoms with Gasteiger partial charge in [0.1, 0.15) is 11.5 Å². The Labute approximate surface area is 351 Å². The van der Waals surface area contributed by atoms with Gasteiger partial charge in [-0.2, -0.15) is 0 Å². The number of anilines is 3. The molecule has 0 aromatic heterocycles. The first-order chi connectivity index (χ1) is 28.4. The average Bonchev–Trinajstić information content (AvgIpc) is 3.46. The summed E-state index contributed by atoms with van der Waals surface area (Å²) in [7, 11) is 0. The second-order valence-corrected chi connectivity index (χ2v) is 21.2. The van der Waals surface area contributed by atoms with Crippen molar-refractivity contribution >= 4 is 17.1 Å². The summed E-state index contributed by atoms with van der Waals surface area (Å²) in [4.78, 5) is 2.62. The number of ether oxygens (including phenoxy) is 1. The second kappa shape index (κ2) is 12.2. The monoisotopic (exact) mass is 771 g/mol.